The number of morpholine rings is 1. The second-order valence-electron chi connectivity index (χ2n) is 5.10. The first-order chi connectivity index (χ1) is 9.81. The Morgan fingerprint density at radius 1 is 1.35 bits per heavy atom. The molecule has 0 amide bonds. The summed E-state index contributed by atoms with van der Waals surface area (Å²) in [4.78, 5) is 2.47. The van der Waals surface area contributed by atoms with Crippen LogP contribution >= 0.6 is 0 Å². The second-order valence-corrected chi connectivity index (χ2v) is 5.10. The lowest BCUT2D eigenvalue weighted by Crippen LogP contribution is -2.48. The molecule has 2 N–H and O–H groups in total. The fourth-order valence-corrected chi connectivity index (χ4v) is 2.93. The van der Waals surface area contributed by atoms with Gasteiger partial charge in [-0.1, -0.05) is 25.1 Å². The van der Waals surface area contributed by atoms with Gasteiger partial charge in [-0.3, -0.25) is 4.90 Å². The van der Waals surface area contributed by atoms with E-state index in [0.29, 0.717) is 13.2 Å². The van der Waals surface area contributed by atoms with Crippen LogP contribution in [0.3, 0.4) is 0 Å². The Morgan fingerprint density at radius 2 is 2.15 bits per heavy atom. The average Bonchev–Trinajstić information content (AvgIpc) is 2.48. The standard InChI is InChI=1S/C16H26N2O2/c1-3-9-18-10-11-20-15(12-17)16(18)13-7-5-6-8-14(13)19-4-2/h5-8,15-16H,3-4,9-12,17H2,1-2H3. The van der Waals surface area contributed by atoms with Crippen LogP contribution < -0.4 is 10.5 Å². The van der Waals surface area contributed by atoms with E-state index < -0.39 is 0 Å². The van der Waals surface area contributed by atoms with Crippen molar-refractivity contribution in [3.8, 4) is 5.75 Å². The largest absolute Gasteiger partial charge is 0.494 e. The van der Waals surface area contributed by atoms with Gasteiger partial charge < -0.3 is 15.2 Å². The summed E-state index contributed by atoms with van der Waals surface area (Å²) in [6, 6.07) is 8.43. The van der Waals surface area contributed by atoms with Crippen LogP contribution in [0.5, 0.6) is 5.75 Å². The van der Waals surface area contributed by atoms with E-state index >= 15 is 0 Å². The van der Waals surface area contributed by atoms with Gasteiger partial charge in [-0.15, -0.1) is 0 Å². The van der Waals surface area contributed by atoms with Crippen molar-refractivity contribution < 1.29 is 9.47 Å². The molecule has 2 unspecified atom stereocenters. The molecular formula is C16H26N2O2. The van der Waals surface area contributed by atoms with Crippen LogP contribution in [0.2, 0.25) is 0 Å². The quantitative estimate of drug-likeness (QED) is 0.866. The van der Waals surface area contributed by atoms with Gasteiger partial charge in [0, 0.05) is 18.7 Å². The molecule has 1 saturated heterocycles. The lowest BCUT2D eigenvalue weighted by molar-refractivity contribution is -0.0682. The monoisotopic (exact) mass is 278 g/mol. The topological polar surface area (TPSA) is 47.7 Å². The molecule has 0 aromatic heterocycles. The molecule has 1 heterocycles. The van der Waals surface area contributed by atoms with Crippen molar-refractivity contribution in [1.29, 1.82) is 0 Å². The van der Waals surface area contributed by atoms with Crippen molar-refractivity contribution in [2.75, 3.05) is 32.8 Å². The molecular weight excluding hydrogens is 252 g/mol. The van der Waals surface area contributed by atoms with Crippen LogP contribution in [-0.4, -0.2) is 43.9 Å². The van der Waals surface area contributed by atoms with E-state index in [-0.39, 0.29) is 12.1 Å². The molecule has 1 fully saturated rings. The molecule has 2 rings (SSSR count). The van der Waals surface area contributed by atoms with Gasteiger partial charge in [0.05, 0.1) is 25.4 Å². The first kappa shape index (κ1) is 15.3. The van der Waals surface area contributed by atoms with Crippen molar-refractivity contribution in [3.63, 3.8) is 0 Å². The lowest BCUT2D eigenvalue weighted by atomic mass is 9.96. The van der Waals surface area contributed by atoms with Crippen LogP contribution in [0.4, 0.5) is 0 Å². The van der Waals surface area contributed by atoms with E-state index in [0.717, 1.165) is 31.9 Å². The highest BCUT2D eigenvalue weighted by molar-refractivity contribution is 5.37. The van der Waals surface area contributed by atoms with E-state index in [4.69, 9.17) is 15.2 Å². The van der Waals surface area contributed by atoms with Gasteiger partial charge in [-0.25, -0.2) is 0 Å². The molecule has 4 nitrogen and oxygen atoms in total. The van der Waals surface area contributed by atoms with Gasteiger partial charge in [-0.2, -0.15) is 0 Å². The molecule has 1 aromatic carbocycles. The predicted molar refractivity (Wildman–Crippen MR) is 81.0 cm³/mol. The van der Waals surface area contributed by atoms with Crippen molar-refractivity contribution >= 4 is 0 Å². The minimum absolute atomic E-state index is 0.0388. The summed E-state index contributed by atoms with van der Waals surface area (Å²) >= 11 is 0. The molecule has 1 aromatic rings. The number of hydrogen-bond donors (Lipinski definition) is 1. The second kappa shape index (κ2) is 7.62. The molecule has 4 heteroatoms. The Morgan fingerprint density at radius 3 is 2.85 bits per heavy atom. The molecule has 0 spiro atoms. The lowest BCUT2D eigenvalue weighted by Gasteiger charge is -2.41. The van der Waals surface area contributed by atoms with Crippen LogP contribution in [-0.2, 0) is 4.74 Å². The number of ether oxygens (including phenoxy) is 2. The van der Waals surface area contributed by atoms with Crippen molar-refractivity contribution in [2.45, 2.75) is 32.4 Å². The number of para-hydroxylation sites is 1. The maximum atomic E-state index is 5.92. The summed E-state index contributed by atoms with van der Waals surface area (Å²) in [6.07, 6.45) is 1.17. The normalized spacial score (nSPS) is 23.8. The molecule has 0 aliphatic carbocycles. The van der Waals surface area contributed by atoms with Gasteiger partial charge in [0.2, 0.25) is 0 Å². The van der Waals surface area contributed by atoms with E-state index in [2.05, 4.69) is 24.0 Å². The van der Waals surface area contributed by atoms with E-state index in [1.165, 1.54) is 5.56 Å². The van der Waals surface area contributed by atoms with E-state index in [1.54, 1.807) is 0 Å². The first-order valence-electron chi connectivity index (χ1n) is 7.59. The summed E-state index contributed by atoms with van der Waals surface area (Å²) in [6.45, 7) is 8.20. The first-order valence-corrected chi connectivity index (χ1v) is 7.59. The number of nitrogens with two attached hydrogens (primary N) is 1. The Bertz CT molecular complexity index is 409. The third-order valence-corrected chi connectivity index (χ3v) is 3.74. The Kier molecular flexibility index (Phi) is 5.83. The summed E-state index contributed by atoms with van der Waals surface area (Å²) in [5.41, 5.74) is 7.11. The zero-order chi connectivity index (χ0) is 14.4. The summed E-state index contributed by atoms with van der Waals surface area (Å²) in [5, 5.41) is 0. The maximum absolute atomic E-state index is 5.92. The van der Waals surface area contributed by atoms with Crippen LogP contribution in [0.25, 0.3) is 0 Å². The molecule has 0 bridgehead atoms. The highest BCUT2D eigenvalue weighted by Crippen LogP contribution is 2.35. The predicted octanol–water partition coefficient (Wildman–Crippen LogP) is 2.20. The zero-order valence-corrected chi connectivity index (χ0v) is 12.5. The fraction of sp³-hybridized carbons (Fsp3) is 0.625. The van der Waals surface area contributed by atoms with E-state index in [1.807, 2.05) is 19.1 Å². The molecule has 20 heavy (non-hydrogen) atoms. The Hall–Kier alpha value is -1.10. The highest BCUT2D eigenvalue weighted by Gasteiger charge is 2.33. The highest BCUT2D eigenvalue weighted by atomic mass is 16.5. The fourth-order valence-electron chi connectivity index (χ4n) is 2.93. The van der Waals surface area contributed by atoms with Crippen molar-refractivity contribution in [3.05, 3.63) is 29.8 Å². The summed E-state index contributed by atoms with van der Waals surface area (Å²) in [5.74, 6) is 0.949. The minimum atomic E-state index is 0.0388. The zero-order valence-electron chi connectivity index (χ0n) is 12.5. The van der Waals surface area contributed by atoms with Crippen LogP contribution in [0.1, 0.15) is 31.9 Å². The third-order valence-electron chi connectivity index (χ3n) is 3.74. The summed E-state index contributed by atoms with van der Waals surface area (Å²) in [7, 11) is 0. The van der Waals surface area contributed by atoms with Crippen molar-refractivity contribution in [1.82, 2.24) is 4.90 Å². The maximum Gasteiger partial charge on any atom is 0.124 e. The number of nitrogens with zero attached hydrogens (tertiary/aromatic N) is 1. The minimum Gasteiger partial charge on any atom is -0.494 e. The van der Waals surface area contributed by atoms with Gasteiger partial charge in [0.1, 0.15) is 5.75 Å². The van der Waals surface area contributed by atoms with Crippen LogP contribution in [0.15, 0.2) is 24.3 Å². The van der Waals surface area contributed by atoms with E-state index in [9.17, 15) is 0 Å². The smallest absolute Gasteiger partial charge is 0.124 e. The van der Waals surface area contributed by atoms with Gasteiger partial charge in [0.25, 0.3) is 0 Å². The summed E-state index contributed by atoms with van der Waals surface area (Å²) < 4.78 is 11.7. The molecule has 1 aliphatic heterocycles. The molecule has 0 radical (unpaired) electrons. The number of benzene rings is 1. The number of rotatable bonds is 6. The molecule has 2 atom stereocenters. The Balaban J connectivity index is 2.32. The third kappa shape index (κ3) is 3.32. The Labute approximate surface area is 121 Å². The van der Waals surface area contributed by atoms with Gasteiger partial charge in [0.15, 0.2) is 0 Å². The van der Waals surface area contributed by atoms with Gasteiger partial charge in [-0.05, 0) is 26.0 Å². The number of hydrogen-bond acceptors (Lipinski definition) is 4. The van der Waals surface area contributed by atoms with Gasteiger partial charge >= 0.3 is 0 Å². The van der Waals surface area contributed by atoms with Crippen LogP contribution in [0, 0.1) is 0 Å². The molecule has 112 valence electrons. The molecule has 0 saturated carbocycles. The van der Waals surface area contributed by atoms with Crippen molar-refractivity contribution in [2.24, 2.45) is 5.73 Å². The molecule has 1 aliphatic rings. The SMILES string of the molecule is CCCN1CCOC(CN)C1c1ccccc1OCC. The average molecular weight is 278 g/mol.